The van der Waals surface area contributed by atoms with E-state index < -0.39 is 0 Å². The van der Waals surface area contributed by atoms with Crippen molar-refractivity contribution in [1.29, 1.82) is 0 Å². The largest absolute Gasteiger partial charge is 0.492 e. The molecule has 0 spiro atoms. The minimum atomic E-state index is 0. The van der Waals surface area contributed by atoms with E-state index in [1.165, 1.54) is 0 Å². The highest BCUT2D eigenvalue weighted by Crippen LogP contribution is 2.07. The fraction of sp³-hybridized carbons (Fsp3) is 0.455. The molecule has 0 amide bonds. The van der Waals surface area contributed by atoms with Crippen LogP contribution in [0.3, 0.4) is 0 Å². The topological polar surface area (TPSA) is 47.3 Å². The maximum absolute atomic E-state index is 5.49. The van der Waals surface area contributed by atoms with Crippen molar-refractivity contribution in [3.8, 4) is 5.75 Å². The van der Waals surface area contributed by atoms with Gasteiger partial charge in [0.05, 0.1) is 0 Å². The van der Waals surface area contributed by atoms with Crippen molar-refractivity contribution in [2.24, 2.45) is 5.73 Å². The van der Waals surface area contributed by atoms with Gasteiger partial charge in [0, 0.05) is 6.54 Å². The molecule has 0 saturated heterocycles. The van der Waals surface area contributed by atoms with Crippen LogP contribution >= 0.6 is 24.8 Å². The first-order valence-corrected chi connectivity index (χ1v) is 5.02. The molecule has 0 aliphatic heterocycles. The number of benzene rings is 1. The zero-order valence-corrected chi connectivity index (χ0v) is 10.9. The van der Waals surface area contributed by atoms with Crippen molar-refractivity contribution in [2.75, 3.05) is 26.2 Å². The second-order valence-corrected chi connectivity index (χ2v) is 3.05. The maximum Gasteiger partial charge on any atom is 0.119 e. The molecular formula is C11H20Cl2N2O. The molecule has 16 heavy (non-hydrogen) atoms. The smallest absolute Gasteiger partial charge is 0.119 e. The number of halogens is 2. The van der Waals surface area contributed by atoms with E-state index in [9.17, 15) is 0 Å². The Morgan fingerprint density at radius 3 is 2.38 bits per heavy atom. The molecule has 94 valence electrons. The molecule has 3 N–H and O–H groups in total. The lowest BCUT2D eigenvalue weighted by Gasteiger charge is -2.06. The highest BCUT2D eigenvalue weighted by atomic mass is 35.5. The SMILES string of the molecule is Cl.Cl.NCCCNCCOc1ccccc1. The van der Waals surface area contributed by atoms with Crippen LogP contribution in [0, 0.1) is 0 Å². The van der Waals surface area contributed by atoms with Crippen LogP contribution in [0.2, 0.25) is 0 Å². The Kier molecular flexibility index (Phi) is 14.1. The van der Waals surface area contributed by atoms with Gasteiger partial charge >= 0.3 is 0 Å². The highest BCUT2D eigenvalue weighted by molar-refractivity contribution is 5.85. The molecule has 0 bridgehead atoms. The van der Waals surface area contributed by atoms with Crippen LogP contribution < -0.4 is 15.8 Å². The van der Waals surface area contributed by atoms with Crippen LogP contribution in [0.5, 0.6) is 5.75 Å². The summed E-state index contributed by atoms with van der Waals surface area (Å²) in [5, 5.41) is 3.25. The summed E-state index contributed by atoms with van der Waals surface area (Å²) in [6.45, 7) is 3.28. The number of rotatable bonds is 7. The van der Waals surface area contributed by atoms with Crippen LogP contribution in [0.1, 0.15) is 6.42 Å². The van der Waals surface area contributed by atoms with Crippen molar-refractivity contribution in [2.45, 2.75) is 6.42 Å². The van der Waals surface area contributed by atoms with Crippen molar-refractivity contribution >= 4 is 24.8 Å². The van der Waals surface area contributed by atoms with Crippen molar-refractivity contribution in [1.82, 2.24) is 5.32 Å². The molecule has 1 aromatic carbocycles. The molecular weight excluding hydrogens is 247 g/mol. The van der Waals surface area contributed by atoms with Crippen LogP contribution in [0.25, 0.3) is 0 Å². The molecule has 0 heterocycles. The summed E-state index contributed by atoms with van der Waals surface area (Å²) in [6.07, 6.45) is 1.02. The summed E-state index contributed by atoms with van der Waals surface area (Å²) in [4.78, 5) is 0. The lowest BCUT2D eigenvalue weighted by molar-refractivity contribution is 0.314. The molecule has 0 aliphatic rings. The summed E-state index contributed by atoms with van der Waals surface area (Å²) in [5.74, 6) is 0.924. The standard InChI is InChI=1S/C11H18N2O.2ClH/c12-7-4-8-13-9-10-14-11-5-2-1-3-6-11;;/h1-3,5-6,13H,4,7-10,12H2;2*1H. The number of nitrogens with one attached hydrogen (secondary N) is 1. The predicted octanol–water partition coefficient (Wildman–Crippen LogP) is 1.85. The van der Waals surface area contributed by atoms with Gasteiger partial charge in [0.2, 0.25) is 0 Å². The van der Waals surface area contributed by atoms with Crippen LogP contribution in [-0.4, -0.2) is 26.2 Å². The zero-order chi connectivity index (χ0) is 10.1. The first-order valence-electron chi connectivity index (χ1n) is 5.02. The summed E-state index contributed by atoms with van der Waals surface area (Å²) in [5.41, 5.74) is 5.36. The van der Waals surface area contributed by atoms with Gasteiger partial charge in [-0.1, -0.05) is 18.2 Å². The van der Waals surface area contributed by atoms with E-state index in [4.69, 9.17) is 10.5 Å². The van der Waals surface area contributed by atoms with Gasteiger partial charge in [-0.15, -0.1) is 24.8 Å². The number of para-hydroxylation sites is 1. The minimum Gasteiger partial charge on any atom is -0.492 e. The van der Waals surface area contributed by atoms with E-state index >= 15 is 0 Å². The molecule has 0 unspecified atom stereocenters. The monoisotopic (exact) mass is 266 g/mol. The Balaban J connectivity index is 0. The average Bonchev–Trinajstić information content (AvgIpc) is 2.25. The first-order chi connectivity index (χ1) is 6.93. The molecule has 0 radical (unpaired) electrons. The molecule has 5 heteroatoms. The van der Waals surface area contributed by atoms with E-state index in [2.05, 4.69) is 5.32 Å². The Labute approximate surface area is 110 Å². The third-order valence-electron chi connectivity index (χ3n) is 1.85. The molecule has 1 rings (SSSR count). The van der Waals surface area contributed by atoms with Gasteiger partial charge in [-0.3, -0.25) is 0 Å². The Bertz CT molecular complexity index is 235. The number of hydrogen-bond acceptors (Lipinski definition) is 3. The van der Waals surface area contributed by atoms with Gasteiger partial charge in [-0.05, 0) is 31.6 Å². The quantitative estimate of drug-likeness (QED) is 0.741. The van der Waals surface area contributed by atoms with Crippen LogP contribution in [0.15, 0.2) is 30.3 Å². The fourth-order valence-electron chi connectivity index (χ4n) is 1.11. The molecule has 0 aliphatic carbocycles. The van der Waals surface area contributed by atoms with Gasteiger partial charge in [0.15, 0.2) is 0 Å². The van der Waals surface area contributed by atoms with E-state index in [1.54, 1.807) is 0 Å². The molecule has 1 aromatic rings. The third kappa shape index (κ3) is 8.80. The van der Waals surface area contributed by atoms with Crippen molar-refractivity contribution in [3.05, 3.63) is 30.3 Å². The lowest BCUT2D eigenvalue weighted by Crippen LogP contribution is -2.23. The van der Waals surface area contributed by atoms with E-state index in [0.717, 1.165) is 31.8 Å². The molecule has 0 atom stereocenters. The Morgan fingerprint density at radius 1 is 1.06 bits per heavy atom. The summed E-state index contributed by atoms with van der Waals surface area (Å²) < 4.78 is 5.49. The van der Waals surface area contributed by atoms with E-state index in [-0.39, 0.29) is 24.8 Å². The summed E-state index contributed by atoms with van der Waals surface area (Å²) >= 11 is 0. The van der Waals surface area contributed by atoms with Gasteiger partial charge in [0.1, 0.15) is 12.4 Å². The van der Waals surface area contributed by atoms with Crippen LogP contribution in [0.4, 0.5) is 0 Å². The van der Waals surface area contributed by atoms with Gasteiger partial charge < -0.3 is 15.8 Å². The lowest BCUT2D eigenvalue weighted by atomic mass is 10.3. The normalized spacial score (nSPS) is 8.81. The Hall–Kier alpha value is -0.480. The summed E-state index contributed by atoms with van der Waals surface area (Å²) in [7, 11) is 0. The second-order valence-electron chi connectivity index (χ2n) is 3.05. The Morgan fingerprint density at radius 2 is 1.75 bits per heavy atom. The molecule has 0 saturated carbocycles. The number of ether oxygens (including phenoxy) is 1. The van der Waals surface area contributed by atoms with Crippen molar-refractivity contribution in [3.63, 3.8) is 0 Å². The second kappa shape index (κ2) is 12.6. The minimum absolute atomic E-state index is 0. The maximum atomic E-state index is 5.49. The van der Waals surface area contributed by atoms with E-state index in [1.807, 2.05) is 30.3 Å². The van der Waals surface area contributed by atoms with Crippen molar-refractivity contribution < 1.29 is 4.74 Å². The fourth-order valence-corrected chi connectivity index (χ4v) is 1.11. The zero-order valence-electron chi connectivity index (χ0n) is 9.22. The number of nitrogens with two attached hydrogens (primary N) is 1. The van der Waals surface area contributed by atoms with Gasteiger partial charge in [0.25, 0.3) is 0 Å². The highest BCUT2D eigenvalue weighted by Gasteiger charge is 1.90. The predicted molar refractivity (Wildman–Crippen MR) is 73.0 cm³/mol. The first kappa shape index (κ1) is 17.9. The van der Waals surface area contributed by atoms with Gasteiger partial charge in [-0.2, -0.15) is 0 Å². The molecule has 3 nitrogen and oxygen atoms in total. The van der Waals surface area contributed by atoms with Crippen LogP contribution in [-0.2, 0) is 0 Å². The average molecular weight is 267 g/mol. The summed E-state index contributed by atoms with van der Waals surface area (Å²) in [6, 6.07) is 9.83. The molecule has 0 fully saturated rings. The third-order valence-corrected chi connectivity index (χ3v) is 1.85. The molecule has 0 aromatic heterocycles. The van der Waals surface area contributed by atoms with Gasteiger partial charge in [-0.25, -0.2) is 0 Å². The number of hydrogen-bond donors (Lipinski definition) is 2. The van der Waals surface area contributed by atoms with E-state index in [0.29, 0.717) is 6.61 Å².